The molecule has 0 unspecified atom stereocenters. The first-order chi connectivity index (χ1) is 13.1. The van der Waals surface area contributed by atoms with Gasteiger partial charge in [-0.15, -0.1) is 0 Å². The van der Waals surface area contributed by atoms with E-state index < -0.39 is 41.5 Å². The van der Waals surface area contributed by atoms with E-state index in [0.717, 1.165) is 36.0 Å². The monoisotopic (exact) mass is 439 g/mol. The summed E-state index contributed by atoms with van der Waals surface area (Å²) in [4.78, 5) is 22.9. The highest BCUT2D eigenvalue weighted by atomic mass is 19.4. The van der Waals surface area contributed by atoms with E-state index >= 15 is 0 Å². The fraction of sp³-hybridized carbons (Fsp3) is 0.500. The van der Waals surface area contributed by atoms with Crippen LogP contribution in [0.3, 0.4) is 0 Å². The van der Waals surface area contributed by atoms with Gasteiger partial charge in [0.1, 0.15) is 0 Å². The van der Waals surface area contributed by atoms with Gasteiger partial charge in [0.2, 0.25) is 0 Å². The molecule has 4 nitrogen and oxygen atoms in total. The zero-order valence-corrected chi connectivity index (χ0v) is 14.6. The standard InChI is InChI=1S/C16H14F9NO3/c1-2-3-8-29-11(27)9-4-6-10(7-5-9)26-12(28)13(17,18)14(19,20)15(21,22)16(23,24)25/h4-7H,2-3,8H2,1H3,(H,26,28). The van der Waals surface area contributed by atoms with Crippen LogP contribution in [0.15, 0.2) is 24.3 Å². The molecular formula is C16H14F9NO3. The summed E-state index contributed by atoms with van der Waals surface area (Å²) in [5.74, 6) is -24.6. The summed E-state index contributed by atoms with van der Waals surface area (Å²) in [5.41, 5.74) is -0.772. The van der Waals surface area contributed by atoms with Crippen LogP contribution in [0.1, 0.15) is 30.1 Å². The van der Waals surface area contributed by atoms with Gasteiger partial charge in [0.15, 0.2) is 0 Å². The first-order valence-electron chi connectivity index (χ1n) is 7.88. The second kappa shape index (κ2) is 8.49. The lowest BCUT2D eigenvalue weighted by Gasteiger charge is -2.32. The Morgan fingerprint density at radius 3 is 1.86 bits per heavy atom. The van der Waals surface area contributed by atoms with Gasteiger partial charge in [-0.2, -0.15) is 39.5 Å². The molecule has 0 saturated carbocycles. The summed E-state index contributed by atoms with van der Waals surface area (Å²) in [5, 5.41) is 1.11. The molecule has 1 aromatic rings. The molecular weight excluding hydrogens is 425 g/mol. The van der Waals surface area contributed by atoms with Gasteiger partial charge < -0.3 is 10.1 Å². The van der Waals surface area contributed by atoms with Crippen molar-refractivity contribution in [2.75, 3.05) is 11.9 Å². The van der Waals surface area contributed by atoms with E-state index in [4.69, 9.17) is 4.74 Å². The van der Waals surface area contributed by atoms with Crippen LogP contribution in [-0.2, 0) is 9.53 Å². The predicted octanol–water partition coefficient (Wildman–Crippen LogP) is 5.05. The zero-order valence-electron chi connectivity index (χ0n) is 14.6. The van der Waals surface area contributed by atoms with Gasteiger partial charge in [-0.1, -0.05) is 13.3 Å². The highest BCUT2D eigenvalue weighted by molar-refractivity contribution is 5.97. The summed E-state index contributed by atoms with van der Waals surface area (Å²) in [6.45, 7) is 1.91. The Morgan fingerprint density at radius 1 is 0.897 bits per heavy atom. The molecule has 0 aromatic heterocycles. The van der Waals surface area contributed by atoms with Gasteiger partial charge in [-0.25, -0.2) is 4.79 Å². The lowest BCUT2D eigenvalue weighted by Crippen LogP contribution is -2.64. The maximum atomic E-state index is 13.5. The van der Waals surface area contributed by atoms with Crippen molar-refractivity contribution in [3.63, 3.8) is 0 Å². The van der Waals surface area contributed by atoms with E-state index in [1.54, 1.807) is 0 Å². The lowest BCUT2D eigenvalue weighted by atomic mass is 10.0. The number of unbranched alkanes of at least 4 members (excludes halogenated alkanes) is 1. The number of nitrogens with one attached hydrogen (secondary N) is 1. The van der Waals surface area contributed by atoms with Gasteiger partial charge in [-0.05, 0) is 30.7 Å². The van der Waals surface area contributed by atoms with E-state index in [-0.39, 0.29) is 12.2 Å². The minimum absolute atomic E-state index is 0.0859. The molecule has 0 saturated heterocycles. The van der Waals surface area contributed by atoms with E-state index in [1.165, 1.54) is 0 Å². The Balaban J connectivity index is 2.96. The Bertz CT molecular complexity index is 730. The molecule has 0 aliphatic heterocycles. The highest BCUT2D eigenvalue weighted by Crippen LogP contribution is 2.53. The summed E-state index contributed by atoms with van der Waals surface area (Å²) >= 11 is 0. The van der Waals surface area contributed by atoms with Crippen LogP contribution in [0.25, 0.3) is 0 Å². The minimum Gasteiger partial charge on any atom is -0.462 e. The van der Waals surface area contributed by atoms with Crippen molar-refractivity contribution in [3.8, 4) is 0 Å². The van der Waals surface area contributed by atoms with Gasteiger partial charge in [0, 0.05) is 5.69 Å². The maximum absolute atomic E-state index is 13.5. The molecule has 1 rings (SSSR count). The second-order valence-electron chi connectivity index (χ2n) is 5.74. The molecule has 0 heterocycles. The molecule has 0 radical (unpaired) electrons. The van der Waals surface area contributed by atoms with Gasteiger partial charge in [0.05, 0.1) is 12.2 Å². The van der Waals surface area contributed by atoms with Crippen LogP contribution in [0.5, 0.6) is 0 Å². The van der Waals surface area contributed by atoms with Crippen LogP contribution in [0.4, 0.5) is 45.2 Å². The molecule has 13 heteroatoms. The van der Waals surface area contributed by atoms with Crippen LogP contribution in [0.2, 0.25) is 0 Å². The molecule has 0 bridgehead atoms. The van der Waals surface area contributed by atoms with Crippen molar-refractivity contribution >= 4 is 17.6 Å². The normalized spacial score (nSPS) is 13.2. The number of amides is 1. The van der Waals surface area contributed by atoms with Crippen molar-refractivity contribution in [2.24, 2.45) is 0 Å². The third-order valence-corrected chi connectivity index (χ3v) is 3.54. The molecule has 0 aliphatic carbocycles. The third kappa shape index (κ3) is 4.93. The molecule has 1 aromatic carbocycles. The summed E-state index contributed by atoms with van der Waals surface area (Å²) in [6, 6.07) is 3.41. The number of hydrogen-bond acceptors (Lipinski definition) is 3. The fourth-order valence-electron chi connectivity index (χ4n) is 1.81. The second-order valence-corrected chi connectivity index (χ2v) is 5.74. The van der Waals surface area contributed by atoms with E-state index in [9.17, 15) is 49.1 Å². The molecule has 1 N–H and O–H groups in total. The van der Waals surface area contributed by atoms with Crippen molar-refractivity contribution in [1.29, 1.82) is 0 Å². The summed E-state index contributed by atoms with van der Waals surface area (Å²) in [6.07, 6.45) is -5.74. The number of esters is 1. The van der Waals surface area contributed by atoms with Crippen molar-refractivity contribution in [3.05, 3.63) is 29.8 Å². The van der Waals surface area contributed by atoms with Gasteiger partial charge in [-0.3, -0.25) is 4.79 Å². The largest absolute Gasteiger partial charge is 0.462 e. The number of alkyl halides is 9. The topological polar surface area (TPSA) is 55.4 Å². The number of anilines is 1. The van der Waals surface area contributed by atoms with Crippen molar-refractivity contribution in [2.45, 2.75) is 43.7 Å². The van der Waals surface area contributed by atoms with Crippen LogP contribution in [-0.4, -0.2) is 42.4 Å². The first kappa shape index (κ1) is 24.6. The summed E-state index contributed by atoms with van der Waals surface area (Å²) in [7, 11) is 0. The number of benzene rings is 1. The maximum Gasteiger partial charge on any atom is 0.460 e. The summed E-state index contributed by atoms with van der Waals surface area (Å²) < 4.78 is 120. The molecule has 29 heavy (non-hydrogen) atoms. The third-order valence-electron chi connectivity index (χ3n) is 3.54. The number of carbonyl (C=O) groups is 2. The molecule has 0 spiro atoms. The Labute approximate surface area is 158 Å². The minimum atomic E-state index is -7.17. The van der Waals surface area contributed by atoms with Gasteiger partial charge >= 0.3 is 35.8 Å². The number of rotatable bonds is 8. The van der Waals surface area contributed by atoms with E-state index in [2.05, 4.69) is 0 Å². The number of carbonyl (C=O) groups excluding carboxylic acids is 2. The van der Waals surface area contributed by atoms with Crippen LogP contribution < -0.4 is 5.32 Å². The SMILES string of the molecule is CCCCOC(=O)c1ccc(NC(=O)C(F)(F)C(F)(F)C(F)(F)C(F)(F)F)cc1. The predicted molar refractivity (Wildman–Crippen MR) is 81.2 cm³/mol. The van der Waals surface area contributed by atoms with Crippen molar-refractivity contribution in [1.82, 2.24) is 0 Å². The molecule has 0 atom stereocenters. The lowest BCUT2D eigenvalue weighted by molar-refractivity contribution is -0.388. The molecule has 164 valence electrons. The average Bonchev–Trinajstić information content (AvgIpc) is 2.61. The number of ether oxygens (including phenoxy) is 1. The first-order valence-corrected chi connectivity index (χ1v) is 7.88. The zero-order chi connectivity index (χ0) is 22.7. The van der Waals surface area contributed by atoms with E-state index in [1.807, 2.05) is 6.92 Å². The van der Waals surface area contributed by atoms with Gasteiger partial charge in [0.25, 0.3) is 0 Å². The Morgan fingerprint density at radius 2 is 1.41 bits per heavy atom. The van der Waals surface area contributed by atoms with Crippen LogP contribution >= 0.6 is 0 Å². The molecule has 0 aliphatic rings. The highest BCUT2D eigenvalue weighted by Gasteiger charge is 2.83. The van der Waals surface area contributed by atoms with Crippen molar-refractivity contribution < 1.29 is 53.8 Å². The Hall–Kier alpha value is -2.47. The van der Waals surface area contributed by atoms with Crippen LogP contribution in [0, 0.1) is 0 Å². The number of hydrogen-bond donors (Lipinski definition) is 1. The average molecular weight is 439 g/mol. The fourth-order valence-corrected chi connectivity index (χ4v) is 1.81. The molecule has 0 fully saturated rings. The van der Waals surface area contributed by atoms with E-state index in [0.29, 0.717) is 6.42 Å². The quantitative estimate of drug-likeness (QED) is 0.351. The molecule has 1 amide bonds. The smallest absolute Gasteiger partial charge is 0.460 e. The Kier molecular flexibility index (Phi) is 7.19. The number of halogens is 9.